The number of rotatable bonds is 34. The molecule has 0 amide bonds. The Labute approximate surface area is 859 Å². The second-order valence-corrected chi connectivity index (χ2v) is 41.1. The van der Waals surface area contributed by atoms with Crippen molar-refractivity contribution < 1.29 is 30.6 Å². The van der Waals surface area contributed by atoms with Crippen LogP contribution in [0.15, 0.2) is 207 Å². The molecule has 5 aliphatic heterocycles. The van der Waals surface area contributed by atoms with Crippen molar-refractivity contribution in [2.24, 2.45) is 11.3 Å². The quantitative estimate of drug-likeness (QED) is 0.0178. The van der Waals surface area contributed by atoms with Gasteiger partial charge in [0.15, 0.2) is 28.2 Å². The zero-order valence-electron chi connectivity index (χ0n) is 85.7. The molecule has 21 N–H and O–H groups in total. The Morgan fingerprint density at radius 1 is 0.356 bits per heavy atom. The van der Waals surface area contributed by atoms with Crippen LogP contribution in [0.5, 0.6) is 0 Å². The highest BCUT2D eigenvalue weighted by molar-refractivity contribution is 6.31. The molecule has 15 heterocycles. The van der Waals surface area contributed by atoms with E-state index in [1.165, 1.54) is 34.2 Å². The van der Waals surface area contributed by atoms with Crippen molar-refractivity contribution in [3.63, 3.8) is 0 Å². The number of aromatic nitrogens is 15. The van der Waals surface area contributed by atoms with E-state index >= 15 is 0 Å². The van der Waals surface area contributed by atoms with Gasteiger partial charge in [0.2, 0.25) is 0 Å². The van der Waals surface area contributed by atoms with Crippen molar-refractivity contribution in [2.45, 2.75) is 212 Å². The minimum Gasteiger partial charge on any atom is -0.396 e. The number of benzene rings is 5. The molecule has 146 heavy (non-hydrogen) atoms. The van der Waals surface area contributed by atoms with Gasteiger partial charge in [-0.3, -0.25) is 0 Å². The number of hydrogen-bond acceptors (Lipinski definition) is 31. The lowest BCUT2D eigenvalue weighted by Crippen LogP contribution is -2.59. The van der Waals surface area contributed by atoms with Crippen LogP contribution in [0.1, 0.15) is 193 Å². The number of halogens is 1. The summed E-state index contributed by atoms with van der Waals surface area (Å²) in [6, 6.07) is 58.3. The van der Waals surface area contributed by atoms with Crippen LogP contribution in [0.4, 0.5) is 58.2 Å². The van der Waals surface area contributed by atoms with Crippen LogP contribution < -0.4 is 79.8 Å². The lowest BCUT2D eigenvalue weighted by atomic mass is 9.88. The molecule has 15 aromatic rings. The molecule has 5 fully saturated rings. The summed E-state index contributed by atoms with van der Waals surface area (Å²) in [6.45, 7) is 35.1. The Morgan fingerprint density at radius 2 is 0.671 bits per heavy atom. The Hall–Kier alpha value is -13.0. The number of fused-ring (bicyclic) bond motifs is 5. The molecule has 5 saturated heterocycles. The van der Waals surface area contributed by atoms with Crippen LogP contribution in [0.25, 0.3) is 28.2 Å². The maximum atomic E-state index is 10.8. The van der Waals surface area contributed by atoms with Gasteiger partial charge in [0.05, 0.1) is 75.0 Å². The summed E-state index contributed by atoms with van der Waals surface area (Å²) in [5.41, 5.74) is 12.9. The minimum absolute atomic E-state index is 0.0592. The van der Waals surface area contributed by atoms with Crippen molar-refractivity contribution in [1.29, 1.82) is 0 Å². The van der Waals surface area contributed by atoms with Crippen LogP contribution in [-0.2, 0) is 32.7 Å². The van der Waals surface area contributed by atoms with Gasteiger partial charge in [-0.15, -0.1) is 0 Å². The Kier molecular flexibility index (Phi) is 35.9. The van der Waals surface area contributed by atoms with E-state index in [1.54, 1.807) is 0 Å². The maximum Gasteiger partial charge on any atom is 0.163 e. The molecular formula is C109H147ClN30O6. The highest BCUT2D eigenvalue weighted by atomic mass is 35.5. The van der Waals surface area contributed by atoms with Gasteiger partial charge < -0.3 is 110 Å². The first-order chi connectivity index (χ1) is 70.7. The summed E-state index contributed by atoms with van der Waals surface area (Å²) < 4.78 is 9.27. The number of hydrogen-bond donors (Lipinski definition) is 21. The fourth-order valence-corrected chi connectivity index (χ4v) is 19.0. The van der Waals surface area contributed by atoms with Crippen LogP contribution in [0.2, 0.25) is 5.02 Å². The van der Waals surface area contributed by atoms with Crippen LogP contribution in [0, 0.1) is 11.3 Å². The number of piperidine rings is 4. The Bertz CT molecular complexity index is 6360. The molecule has 36 nitrogen and oxygen atoms in total. The average Bonchev–Trinajstić information content (AvgIpc) is 1.76. The predicted octanol–water partition coefficient (Wildman–Crippen LogP) is 13.9. The van der Waals surface area contributed by atoms with E-state index in [-0.39, 0.29) is 61.3 Å². The summed E-state index contributed by atoms with van der Waals surface area (Å²) in [6.07, 6.45) is 12.9. The lowest BCUT2D eigenvalue weighted by molar-refractivity contribution is -0.0459. The van der Waals surface area contributed by atoms with E-state index in [0.717, 1.165) is 166 Å². The second kappa shape index (κ2) is 49.5. The third-order valence-electron chi connectivity index (χ3n) is 28.2. The number of aliphatic hydroxyl groups excluding tert-OH is 4. The monoisotopic (exact) mass is 2010 g/mol. The molecule has 776 valence electrons. The van der Waals surface area contributed by atoms with E-state index in [2.05, 4.69) is 248 Å². The molecule has 5 aromatic carbocycles. The molecule has 10 aromatic heterocycles. The molecule has 0 aliphatic carbocycles. The Balaban J connectivity index is 0.000000131. The highest BCUT2D eigenvalue weighted by Crippen LogP contribution is 2.36. The first-order valence-electron chi connectivity index (χ1n) is 51.6. The summed E-state index contributed by atoms with van der Waals surface area (Å²) in [7, 11) is 0. The standard InChI is InChI=1S/C22H29ClN6O.2C22H30N6O2.C22H30N6.C21H28N6O/c1-15(2)17-11-27-29-20(25-10-16-5-3-4-6-18(16)23)9-19(28-21(17)29)26-13-22(14-30)7-8-24-12-22;2*1-15(2)17-12-25-28-20(24-11-16-6-4-3-5-7-16)10-19(27-21(17)28)26-18-13-23-9-8-22(18,30)14-29;1-15(2)18-13-25-28-21(24-12-17-7-5-4-6-8-17)11-20(27-22(18)28)26-19-14-23-10-9-16(19)3;1-14(2)16-12-24-27-20(23-11-15-6-4-3-5-7-15)10-19(26-21(16)27)25-17-13-22-9-8-18(17)28/h3-6,9,11,15,24-25,30H,7-8,10,12-14H2,1-2H3,(H,26,28);2*3-7,10,12,15,18,23-24,29-30H,8-9,11,13-14H2,1-2H3,(H,26,27);4-8,11,13,15-16,19,23-24H,9-10,12,14H2,1-3H3,(H,26,27);3-7,10,12,14,17-18,22-23,28H,8-9,11,13H2,1-2H3,(H,25,26)/t22-;18?,22-;18-,22+;16-,19?;17?,18-/m10011/s1. The molecule has 0 bridgehead atoms. The molecule has 5 aliphatic rings. The van der Waals surface area contributed by atoms with Crippen LogP contribution in [-0.4, -0.2) is 237 Å². The predicted molar refractivity (Wildman–Crippen MR) is 584 cm³/mol. The van der Waals surface area contributed by atoms with Gasteiger partial charge >= 0.3 is 0 Å². The molecule has 0 spiro atoms. The lowest BCUT2D eigenvalue weighted by Gasteiger charge is -2.39. The highest BCUT2D eigenvalue weighted by Gasteiger charge is 2.41. The zero-order valence-corrected chi connectivity index (χ0v) is 86.5. The fourth-order valence-electron chi connectivity index (χ4n) is 18.8. The topological polar surface area (TPSA) is 453 Å². The van der Waals surface area contributed by atoms with Gasteiger partial charge in [-0.2, -0.15) is 48.1 Å². The van der Waals surface area contributed by atoms with E-state index in [9.17, 15) is 30.6 Å². The number of aliphatic hydroxyl groups is 6. The summed E-state index contributed by atoms with van der Waals surface area (Å²) in [5, 5.41) is 136. The summed E-state index contributed by atoms with van der Waals surface area (Å²) in [4.78, 5) is 24.2. The van der Waals surface area contributed by atoms with Gasteiger partial charge in [-0.05, 0) is 134 Å². The third kappa shape index (κ3) is 26.3. The van der Waals surface area contributed by atoms with Crippen molar-refractivity contribution >= 4 is 98.0 Å². The van der Waals surface area contributed by atoms with Crippen molar-refractivity contribution in [3.8, 4) is 0 Å². The third-order valence-corrected chi connectivity index (χ3v) is 28.6. The number of anilines is 10. The molecule has 37 heteroatoms. The molecule has 0 radical (unpaired) electrons. The average molecular weight is 2010 g/mol. The maximum absolute atomic E-state index is 10.8. The van der Waals surface area contributed by atoms with Crippen LogP contribution >= 0.6 is 11.6 Å². The zero-order chi connectivity index (χ0) is 102. The number of nitrogens with one attached hydrogen (secondary N) is 15. The largest absolute Gasteiger partial charge is 0.396 e. The van der Waals surface area contributed by atoms with Crippen molar-refractivity contribution in [2.75, 3.05) is 145 Å². The minimum atomic E-state index is -1.18. The first kappa shape index (κ1) is 106. The van der Waals surface area contributed by atoms with Gasteiger partial charge in [0.1, 0.15) is 69.4 Å². The molecule has 3 unspecified atom stereocenters. The summed E-state index contributed by atoms with van der Waals surface area (Å²) in [5.74, 6) is 10.2. The molecule has 9 atom stereocenters. The van der Waals surface area contributed by atoms with E-state index in [1.807, 2.05) is 163 Å². The van der Waals surface area contributed by atoms with Gasteiger partial charge in [0.25, 0.3) is 0 Å². The smallest absolute Gasteiger partial charge is 0.163 e. The first-order valence-corrected chi connectivity index (χ1v) is 51.9. The molecule has 20 rings (SSSR count). The second-order valence-electron chi connectivity index (χ2n) is 40.7. The van der Waals surface area contributed by atoms with Gasteiger partial charge in [-0.1, -0.05) is 227 Å². The van der Waals surface area contributed by atoms with Gasteiger partial charge in [0, 0.05) is 147 Å². The Morgan fingerprint density at radius 3 is 1.01 bits per heavy atom. The van der Waals surface area contributed by atoms with E-state index < -0.39 is 11.2 Å². The molecular weight excluding hydrogens is 1860 g/mol. The van der Waals surface area contributed by atoms with Crippen LogP contribution in [0.3, 0.4) is 0 Å². The SMILES string of the molecule is CC(C)c1cnn2c(NCc3ccccc3)cc(NC3CNCC[C@H]3C)nc12.CC(C)c1cnn2c(NCc3ccccc3)cc(NC3CNCC[C@H]3O)nc12.CC(C)c1cnn2c(NCc3ccccc3)cc(NC3CNCC[C@]3(O)CO)nc12.CC(C)c1cnn2c(NCc3ccccc3)cc(N[C@H]3CNCC[C@@]3(O)CO)nc12.CC(C)c1cnn2c(NCc3ccccc3Cl)cc(NC[C@@]3(CO)CCNC3)nc12. The van der Waals surface area contributed by atoms with E-state index in [4.69, 9.17) is 36.5 Å². The van der Waals surface area contributed by atoms with E-state index in [0.29, 0.717) is 113 Å². The van der Waals surface area contributed by atoms with Crippen molar-refractivity contribution in [3.05, 3.63) is 268 Å². The normalized spacial score (nSPS) is 20.5. The van der Waals surface area contributed by atoms with Crippen molar-refractivity contribution in [1.82, 2.24) is 99.6 Å². The van der Waals surface area contributed by atoms with Gasteiger partial charge in [-0.25, -0.2) is 24.9 Å². The fraction of sp³-hybridized carbons (Fsp3) is 0.450. The number of nitrogens with zero attached hydrogens (tertiary/aromatic N) is 15. The molecule has 0 saturated carbocycles. The summed E-state index contributed by atoms with van der Waals surface area (Å²) >= 11 is 6.32.